The number of aliphatic hydroxyl groups excluding tert-OH is 1. The lowest BCUT2D eigenvalue weighted by Crippen LogP contribution is -2.00. The van der Waals surface area contributed by atoms with Crippen LogP contribution in [0.2, 0.25) is 0 Å². The molecule has 6 rings (SSSR count). The molecule has 1 N–H and O–H groups in total. The third-order valence-corrected chi connectivity index (χ3v) is 6.06. The third-order valence-electron chi connectivity index (χ3n) is 6.06. The number of rotatable bonds is 3. The largest absolute Gasteiger partial charge is 0.383 e. The Bertz CT molecular complexity index is 1410. The summed E-state index contributed by atoms with van der Waals surface area (Å²) >= 11 is 0. The molecule has 0 amide bonds. The van der Waals surface area contributed by atoms with Gasteiger partial charge < -0.3 is 5.11 Å². The second-order valence-corrected chi connectivity index (χ2v) is 7.94. The Kier molecular flexibility index (Phi) is 4.41. The molecule has 1 aliphatic rings. The van der Waals surface area contributed by atoms with E-state index in [9.17, 15) is 5.11 Å². The topological polar surface area (TPSA) is 46.0 Å². The van der Waals surface area contributed by atoms with Crippen LogP contribution in [0.4, 0.5) is 0 Å². The van der Waals surface area contributed by atoms with Gasteiger partial charge in [-0.2, -0.15) is 0 Å². The van der Waals surface area contributed by atoms with Crippen molar-refractivity contribution in [3.63, 3.8) is 0 Å². The summed E-state index contributed by atoms with van der Waals surface area (Å²) in [4.78, 5) is 9.70. The Morgan fingerprint density at radius 2 is 1.09 bits per heavy atom. The van der Waals surface area contributed by atoms with Crippen molar-refractivity contribution in [3.8, 4) is 44.9 Å². The average Bonchev–Trinajstić information content (AvgIpc) is 3.17. The number of hydrogen-bond donors (Lipinski definition) is 1. The minimum Gasteiger partial charge on any atom is -0.383 e. The minimum absolute atomic E-state index is 0.754. The molecule has 152 valence electrons. The molecule has 0 fully saturated rings. The molecule has 1 unspecified atom stereocenters. The number of benzene rings is 3. The summed E-state index contributed by atoms with van der Waals surface area (Å²) in [6.07, 6.45) is 1.01. The Labute approximate surface area is 186 Å². The number of nitrogens with zero attached hydrogens (tertiary/aromatic N) is 2. The minimum atomic E-state index is -0.795. The van der Waals surface area contributed by atoms with Gasteiger partial charge in [0.1, 0.15) is 6.10 Å². The zero-order valence-corrected chi connectivity index (χ0v) is 17.3. The van der Waals surface area contributed by atoms with E-state index in [1.165, 1.54) is 0 Å². The summed E-state index contributed by atoms with van der Waals surface area (Å²) in [6.45, 7) is 0. The molecule has 0 radical (unpaired) electrons. The predicted octanol–water partition coefficient (Wildman–Crippen LogP) is 6.54. The van der Waals surface area contributed by atoms with Crippen LogP contribution in [0, 0.1) is 0 Å². The van der Waals surface area contributed by atoms with Gasteiger partial charge in [0.25, 0.3) is 0 Å². The summed E-state index contributed by atoms with van der Waals surface area (Å²) < 4.78 is 0. The predicted molar refractivity (Wildman–Crippen MR) is 128 cm³/mol. The van der Waals surface area contributed by atoms with Crippen LogP contribution in [-0.4, -0.2) is 15.1 Å². The quantitative estimate of drug-likeness (QED) is 0.366. The molecule has 1 atom stereocenters. The van der Waals surface area contributed by atoms with E-state index in [1.54, 1.807) is 0 Å². The summed E-state index contributed by atoms with van der Waals surface area (Å²) in [5.41, 5.74) is 9.14. The van der Waals surface area contributed by atoms with Crippen molar-refractivity contribution in [2.24, 2.45) is 0 Å². The van der Waals surface area contributed by atoms with Crippen molar-refractivity contribution < 1.29 is 5.11 Å². The van der Waals surface area contributed by atoms with Gasteiger partial charge >= 0.3 is 0 Å². The normalized spacial score (nSPS) is 14.1. The van der Waals surface area contributed by atoms with Gasteiger partial charge in [-0.3, -0.25) is 4.98 Å². The van der Waals surface area contributed by atoms with Crippen LogP contribution in [0.1, 0.15) is 17.2 Å². The lowest BCUT2D eigenvalue weighted by molar-refractivity contribution is 0.226. The fourth-order valence-corrected chi connectivity index (χ4v) is 4.58. The third kappa shape index (κ3) is 2.95. The van der Waals surface area contributed by atoms with Crippen LogP contribution in [0.5, 0.6) is 0 Å². The smallest absolute Gasteiger partial charge is 0.110 e. The highest BCUT2D eigenvalue weighted by Gasteiger charge is 2.35. The maximum atomic E-state index is 11.6. The lowest BCUT2D eigenvalue weighted by Gasteiger charge is -2.15. The Morgan fingerprint density at radius 3 is 1.72 bits per heavy atom. The molecule has 2 heterocycles. The molecular formula is C29H20N2O. The van der Waals surface area contributed by atoms with E-state index in [2.05, 4.69) is 47.4 Å². The van der Waals surface area contributed by atoms with Crippen molar-refractivity contribution in [3.05, 3.63) is 120 Å². The zero-order valence-electron chi connectivity index (χ0n) is 17.3. The van der Waals surface area contributed by atoms with E-state index in [4.69, 9.17) is 4.98 Å². The monoisotopic (exact) mass is 412 g/mol. The second kappa shape index (κ2) is 7.56. The van der Waals surface area contributed by atoms with Gasteiger partial charge in [-0.25, -0.2) is 4.98 Å². The Hall–Kier alpha value is -4.08. The highest BCUT2D eigenvalue weighted by Crippen LogP contribution is 2.49. The number of aliphatic hydroxyl groups is 1. The number of hydrogen-bond acceptors (Lipinski definition) is 3. The van der Waals surface area contributed by atoms with Gasteiger partial charge in [-0.1, -0.05) is 91.0 Å². The first-order valence-electron chi connectivity index (χ1n) is 10.7. The molecule has 0 bridgehead atoms. The van der Waals surface area contributed by atoms with Crippen LogP contribution < -0.4 is 0 Å². The standard InChI is InChI=1S/C29H20N2O/c32-29-25-22(19-10-4-1-5-11-19)16-17-30-27(25)28-26(29)23(20-12-6-2-7-13-20)18-24(31-28)21-14-8-3-9-15-21/h1-18,29,32H. The molecule has 3 heteroatoms. The van der Waals surface area contributed by atoms with Gasteiger partial charge in [0.2, 0.25) is 0 Å². The Balaban J connectivity index is 1.64. The molecule has 1 aliphatic carbocycles. The first-order chi connectivity index (χ1) is 15.8. The van der Waals surface area contributed by atoms with E-state index in [0.717, 1.165) is 56.0 Å². The van der Waals surface area contributed by atoms with E-state index in [-0.39, 0.29) is 0 Å². The SMILES string of the molecule is OC1c2c(-c3ccccc3)ccnc2-c2nc(-c3ccccc3)cc(-c3ccccc3)c21. The number of aromatic nitrogens is 2. The van der Waals surface area contributed by atoms with Crippen molar-refractivity contribution in [1.29, 1.82) is 0 Å². The zero-order chi connectivity index (χ0) is 21.5. The van der Waals surface area contributed by atoms with Gasteiger partial charge in [0, 0.05) is 22.9 Å². The second-order valence-electron chi connectivity index (χ2n) is 7.94. The van der Waals surface area contributed by atoms with Crippen LogP contribution in [0.3, 0.4) is 0 Å². The maximum Gasteiger partial charge on any atom is 0.110 e. The highest BCUT2D eigenvalue weighted by atomic mass is 16.3. The molecule has 0 saturated carbocycles. The van der Waals surface area contributed by atoms with E-state index in [0.29, 0.717) is 0 Å². The molecule has 0 saturated heterocycles. The summed E-state index contributed by atoms with van der Waals surface area (Å²) in [5.74, 6) is 0. The summed E-state index contributed by atoms with van der Waals surface area (Å²) in [6, 6.07) is 34.5. The number of pyridine rings is 2. The molecule has 32 heavy (non-hydrogen) atoms. The van der Waals surface area contributed by atoms with Crippen molar-refractivity contribution in [1.82, 2.24) is 9.97 Å². The summed E-state index contributed by atoms with van der Waals surface area (Å²) in [5, 5.41) is 11.6. The van der Waals surface area contributed by atoms with Crippen molar-refractivity contribution in [2.75, 3.05) is 0 Å². The van der Waals surface area contributed by atoms with Crippen molar-refractivity contribution in [2.45, 2.75) is 6.10 Å². The van der Waals surface area contributed by atoms with E-state index >= 15 is 0 Å². The maximum absolute atomic E-state index is 11.6. The molecule has 0 spiro atoms. The first kappa shape index (κ1) is 18.7. The molecule has 0 aliphatic heterocycles. The lowest BCUT2D eigenvalue weighted by atomic mass is 9.93. The van der Waals surface area contributed by atoms with Crippen LogP contribution >= 0.6 is 0 Å². The van der Waals surface area contributed by atoms with E-state index in [1.807, 2.05) is 66.9 Å². The summed E-state index contributed by atoms with van der Waals surface area (Å²) in [7, 11) is 0. The van der Waals surface area contributed by atoms with Gasteiger partial charge in [-0.15, -0.1) is 0 Å². The fraction of sp³-hybridized carbons (Fsp3) is 0.0345. The molecule has 3 nitrogen and oxygen atoms in total. The van der Waals surface area contributed by atoms with Crippen LogP contribution in [0.25, 0.3) is 44.9 Å². The van der Waals surface area contributed by atoms with Gasteiger partial charge in [-0.05, 0) is 34.4 Å². The molecule has 3 aromatic carbocycles. The van der Waals surface area contributed by atoms with Crippen molar-refractivity contribution >= 4 is 0 Å². The first-order valence-corrected chi connectivity index (χ1v) is 10.7. The average molecular weight is 412 g/mol. The van der Waals surface area contributed by atoms with Crippen LogP contribution in [-0.2, 0) is 0 Å². The number of fused-ring (bicyclic) bond motifs is 3. The molecular weight excluding hydrogens is 392 g/mol. The highest BCUT2D eigenvalue weighted by molar-refractivity contribution is 5.89. The van der Waals surface area contributed by atoms with E-state index < -0.39 is 6.10 Å². The molecule has 5 aromatic rings. The van der Waals surface area contributed by atoms with Crippen LogP contribution in [0.15, 0.2) is 109 Å². The fourth-order valence-electron chi connectivity index (χ4n) is 4.58. The molecule has 2 aromatic heterocycles. The van der Waals surface area contributed by atoms with Gasteiger partial charge in [0.15, 0.2) is 0 Å². The van der Waals surface area contributed by atoms with Gasteiger partial charge in [0.05, 0.1) is 17.1 Å². The Morgan fingerprint density at radius 1 is 0.562 bits per heavy atom.